The molecule has 2 nitrogen and oxygen atoms in total. The van der Waals surface area contributed by atoms with E-state index in [-0.39, 0.29) is 0 Å². The molecular weight excluding hydrogens is 184 g/mol. The molecule has 0 saturated carbocycles. The van der Waals surface area contributed by atoms with Crippen LogP contribution in [0.3, 0.4) is 0 Å². The molecule has 15 heavy (non-hydrogen) atoms. The maximum atomic E-state index is 5.71. The van der Waals surface area contributed by atoms with Gasteiger partial charge in [-0.2, -0.15) is 0 Å². The smallest absolute Gasteiger partial charge is 0.0372 e. The van der Waals surface area contributed by atoms with Crippen LogP contribution in [0, 0.1) is 0 Å². The van der Waals surface area contributed by atoms with Crippen molar-refractivity contribution in [1.82, 2.24) is 0 Å². The Labute approximate surface area is 92.1 Å². The van der Waals surface area contributed by atoms with Crippen molar-refractivity contribution in [3.8, 4) is 0 Å². The van der Waals surface area contributed by atoms with Gasteiger partial charge in [0.1, 0.15) is 0 Å². The van der Waals surface area contributed by atoms with Crippen LogP contribution in [0.2, 0.25) is 0 Å². The van der Waals surface area contributed by atoms with Gasteiger partial charge in [0.05, 0.1) is 0 Å². The first-order valence-corrected chi connectivity index (χ1v) is 5.82. The standard InChI is InChI=1S/C13H20N2/c1-10-4-3-5-11(2)15(10)13-8-6-12(14)7-9-13/h6-11H,3-5,14H2,1-2H3/t10-,11-/m1/s1. The first-order valence-electron chi connectivity index (χ1n) is 5.82. The number of piperidine rings is 1. The summed E-state index contributed by atoms with van der Waals surface area (Å²) in [5.41, 5.74) is 7.86. The minimum absolute atomic E-state index is 0.650. The lowest BCUT2D eigenvalue weighted by molar-refractivity contribution is 0.414. The van der Waals surface area contributed by atoms with Gasteiger partial charge >= 0.3 is 0 Å². The molecule has 1 heterocycles. The third-order valence-electron chi connectivity index (χ3n) is 3.38. The zero-order valence-corrected chi connectivity index (χ0v) is 9.61. The number of anilines is 2. The number of nitrogens with zero attached hydrogens (tertiary/aromatic N) is 1. The van der Waals surface area contributed by atoms with Crippen molar-refractivity contribution in [3.05, 3.63) is 24.3 Å². The summed E-state index contributed by atoms with van der Waals surface area (Å²) < 4.78 is 0. The Morgan fingerprint density at radius 2 is 1.60 bits per heavy atom. The first-order chi connectivity index (χ1) is 7.18. The normalized spacial score (nSPS) is 26.7. The predicted molar refractivity (Wildman–Crippen MR) is 66.1 cm³/mol. The Balaban J connectivity index is 2.23. The van der Waals surface area contributed by atoms with Crippen LogP contribution in [0.1, 0.15) is 33.1 Å². The molecule has 2 atom stereocenters. The van der Waals surface area contributed by atoms with Crippen molar-refractivity contribution in [1.29, 1.82) is 0 Å². The fourth-order valence-electron chi connectivity index (χ4n) is 2.58. The minimum Gasteiger partial charge on any atom is -0.399 e. The number of nitrogen functional groups attached to an aromatic ring is 1. The van der Waals surface area contributed by atoms with Gasteiger partial charge in [0.15, 0.2) is 0 Å². The summed E-state index contributed by atoms with van der Waals surface area (Å²) >= 11 is 0. The van der Waals surface area contributed by atoms with Gasteiger partial charge in [0.2, 0.25) is 0 Å². The quantitative estimate of drug-likeness (QED) is 0.712. The minimum atomic E-state index is 0.650. The van der Waals surface area contributed by atoms with Crippen LogP contribution in [0.5, 0.6) is 0 Å². The molecule has 0 aromatic heterocycles. The third kappa shape index (κ3) is 2.09. The second-order valence-corrected chi connectivity index (χ2v) is 4.63. The second-order valence-electron chi connectivity index (χ2n) is 4.63. The summed E-state index contributed by atoms with van der Waals surface area (Å²) in [6, 6.07) is 9.54. The highest BCUT2D eigenvalue weighted by molar-refractivity contribution is 5.54. The van der Waals surface area contributed by atoms with Crippen LogP contribution in [-0.2, 0) is 0 Å². The molecule has 2 N–H and O–H groups in total. The maximum absolute atomic E-state index is 5.71. The monoisotopic (exact) mass is 204 g/mol. The highest BCUT2D eigenvalue weighted by atomic mass is 15.2. The predicted octanol–water partition coefficient (Wildman–Crippen LogP) is 3.04. The van der Waals surface area contributed by atoms with Crippen molar-refractivity contribution in [3.63, 3.8) is 0 Å². The summed E-state index contributed by atoms with van der Waals surface area (Å²) in [5.74, 6) is 0. The average Bonchev–Trinajstić information content (AvgIpc) is 2.20. The van der Waals surface area contributed by atoms with Crippen molar-refractivity contribution < 1.29 is 0 Å². The number of nitrogens with two attached hydrogens (primary N) is 1. The fraction of sp³-hybridized carbons (Fsp3) is 0.538. The van der Waals surface area contributed by atoms with E-state index in [9.17, 15) is 0 Å². The highest BCUT2D eigenvalue weighted by Crippen LogP contribution is 2.29. The van der Waals surface area contributed by atoms with E-state index in [2.05, 4.69) is 30.9 Å². The van der Waals surface area contributed by atoms with Crippen LogP contribution in [0.4, 0.5) is 11.4 Å². The molecule has 0 radical (unpaired) electrons. The van der Waals surface area contributed by atoms with Gasteiger partial charge in [-0.25, -0.2) is 0 Å². The molecule has 2 rings (SSSR count). The van der Waals surface area contributed by atoms with Gasteiger partial charge in [-0.1, -0.05) is 0 Å². The molecule has 0 spiro atoms. The van der Waals surface area contributed by atoms with Gasteiger partial charge in [0.25, 0.3) is 0 Å². The lowest BCUT2D eigenvalue weighted by Crippen LogP contribution is -2.43. The fourth-order valence-corrected chi connectivity index (χ4v) is 2.58. The third-order valence-corrected chi connectivity index (χ3v) is 3.38. The van der Waals surface area contributed by atoms with Crippen molar-refractivity contribution in [2.45, 2.75) is 45.2 Å². The SMILES string of the molecule is C[C@@H]1CCC[C@@H](C)N1c1ccc(N)cc1. The molecule has 0 amide bonds. The van der Waals surface area contributed by atoms with E-state index in [1.54, 1.807) is 0 Å². The number of hydrogen-bond donors (Lipinski definition) is 1. The molecule has 2 heteroatoms. The van der Waals surface area contributed by atoms with E-state index in [1.807, 2.05) is 12.1 Å². The van der Waals surface area contributed by atoms with Crippen LogP contribution < -0.4 is 10.6 Å². The number of benzene rings is 1. The number of rotatable bonds is 1. The summed E-state index contributed by atoms with van der Waals surface area (Å²) in [4.78, 5) is 2.52. The molecule has 1 aliphatic heterocycles. The van der Waals surface area contributed by atoms with Gasteiger partial charge < -0.3 is 10.6 Å². The zero-order chi connectivity index (χ0) is 10.8. The molecular formula is C13H20N2. The van der Waals surface area contributed by atoms with Crippen molar-refractivity contribution >= 4 is 11.4 Å². The van der Waals surface area contributed by atoms with Crippen LogP contribution >= 0.6 is 0 Å². The molecule has 0 unspecified atom stereocenters. The average molecular weight is 204 g/mol. The highest BCUT2D eigenvalue weighted by Gasteiger charge is 2.24. The van der Waals surface area contributed by atoms with Crippen LogP contribution in [0.25, 0.3) is 0 Å². The van der Waals surface area contributed by atoms with Crippen LogP contribution in [0.15, 0.2) is 24.3 Å². The molecule has 0 bridgehead atoms. The Kier molecular flexibility index (Phi) is 2.85. The Morgan fingerprint density at radius 1 is 1.07 bits per heavy atom. The first kappa shape index (κ1) is 10.3. The van der Waals surface area contributed by atoms with E-state index in [0.29, 0.717) is 12.1 Å². The Hall–Kier alpha value is -1.18. The zero-order valence-electron chi connectivity index (χ0n) is 9.61. The second kappa shape index (κ2) is 4.13. The maximum Gasteiger partial charge on any atom is 0.0372 e. The lowest BCUT2D eigenvalue weighted by atomic mass is 9.96. The summed E-state index contributed by atoms with van der Waals surface area (Å²) in [6.07, 6.45) is 3.96. The van der Waals surface area contributed by atoms with E-state index < -0.39 is 0 Å². The van der Waals surface area contributed by atoms with E-state index >= 15 is 0 Å². The summed E-state index contributed by atoms with van der Waals surface area (Å²) in [7, 11) is 0. The molecule has 1 aliphatic rings. The van der Waals surface area contributed by atoms with E-state index in [4.69, 9.17) is 5.73 Å². The summed E-state index contributed by atoms with van der Waals surface area (Å²) in [6.45, 7) is 4.62. The van der Waals surface area contributed by atoms with E-state index in [1.165, 1.54) is 24.9 Å². The lowest BCUT2D eigenvalue weighted by Gasteiger charge is -2.41. The number of hydrogen-bond acceptors (Lipinski definition) is 2. The Bertz CT molecular complexity index is 308. The van der Waals surface area contributed by atoms with Crippen molar-refractivity contribution in [2.75, 3.05) is 10.6 Å². The van der Waals surface area contributed by atoms with Gasteiger partial charge in [-0.3, -0.25) is 0 Å². The molecule has 1 fully saturated rings. The van der Waals surface area contributed by atoms with Crippen LogP contribution in [-0.4, -0.2) is 12.1 Å². The van der Waals surface area contributed by atoms with Gasteiger partial charge in [-0.15, -0.1) is 0 Å². The summed E-state index contributed by atoms with van der Waals surface area (Å²) in [5, 5.41) is 0. The Morgan fingerprint density at radius 3 is 2.13 bits per heavy atom. The van der Waals surface area contributed by atoms with Crippen molar-refractivity contribution in [2.24, 2.45) is 0 Å². The largest absolute Gasteiger partial charge is 0.399 e. The van der Waals surface area contributed by atoms with E-state index in [0.717, 1.165) is 5.69 Å². The van der Waals surface area contributed by atoms with Gasteiger partial charge in [0, 0.05) is 23.5 Å². The molecule has 1 aromatic rings. The van der Waals surface area contributed by atoms with Gasteiger partial charge in [-0.05, 0) is 57.4 Å². The molecule has 0 aliphatic carbocycles. The molecule has 1 saturated heterocycles. The molecule has 82 valence electrons. The molecule has 1 aromatic carbocycles. The topological polar surface area (TPSA) is 29.3 Å².